The second-order valence-corrected chi connectivity index (χ2v) is 7.50. The largest absolute Gasteiger partial charge is 0.486 e. The molecule has 0 saturated heterocycles. The van der Waals surface area contributed by atoms with Crippen LogP contribution in [0.15, 0.2) is 36.5 Å². The van der Waals surface area contributed by atoms with Gasteiger partial charge in [0.15, 0.2) is 11.5 Å². The number of aromatic nitrogens is 1. The summed E-state index contributed by atoms with van der Waals surface area (Å²) in [5, 5.41) is 2.80. The van der Waals surface area contributed by atoms with Crippen molar-refractivity contribution < 1.29 is 19.1 Å². The van der Waals surface area contributed by atoms with Gasteiger partial charge in [-0.1, -0.05) is 6.07 Å². The summed E-state index contributed by atoms with van der Waals surface area (Å²) in [6.45, 7) is 2.47. The first-order valence-electron chi connectivity index (χ1n) is 9.77. The number of pyridine rings is 1. The Morgan fingerprint density at radius 3 is 2.81 bits per heavy atom. The van der Waals surface area contributed by atoms with E-state index in [1.54, 1.807) is 24.2 Å². The van der Waals surface area contributed by atoms with Crippen LogP contribution in [-0.4, -0.2) is 60.5 Å². The number of anilines is 1. The lowest BCUT2D eigenvalue weighted by Crippen LogP contribution is -2.26. The van der Waals surface area contributed by atoms with Gasteiger partial charge in [0.05, 0.1) is 6.54 Å². The third kappa shape index (κ3) is 5.53. The van der Waals surface area contributed by atoms with Crippen molar-refractivity contribution in [2.75, 3.05) is 39.2 Å². The Labute approximate surface area is 187 Å². The smallest absolute Gasteiger partial charge is 0.246 e. The van der Waals surface area contributed by atoms with Crippen molar-refractivity contribution in [3.8, 4) is 11.5 Å². The Kier molecular flexibility index (Phi) is 7.14. The van der Waals surface area contributed by atoms with Gasteiger partial charge < -0.3 is 19.7 Å². The number of nitrogens with zero attached hydrogens (tertiary/aromatic N) is 3. The molecule has 164 valence electrons. The molecule has 0 spiro atoms. The highest BCUT2D eigenvalue weighted by atomic mass is 35.5. The predicted molar refractivity (Wildman–Crippen MR) is 119 cm³/mol. The van der Waals surface area contributed by atoms with Gasteiger partial charge in [-0.15, -0.1) is 12.4 Å². The van der Waals surface area contributed by atoms with Crippen LogP contribution in [0.4, 0.5) is 5.82 Å². The molecule has 2 aliphatic heterocycles. The predicted octanol–water partition coefficient (Wildman–Crippen LogP) is 2.33. The zero-order valence-electron chi connectivity index (χ0n) is 17.5. The number of carbonyl (C=O) groups excluding carboxylic acids is 2. The first kappa shape index (κ1) is 22.6. The Morgan fingerprint density at radius 1 is 1.23 bits per heavy atom. The molecule has 0 bridgehead atoms. The van der Waals surface area contributed by atoms with Gasteiger partial charge in [0.1, 0.15) is 19.0 Å². The molecule has 1 aromatic heterocycles. The summed E-state index contributed by atoms with van der Waals surface area (Å²) in [5.74, 6) is 1.82. The zero-order valence-corrected chi connectivity index (χ0v) is 18.3. The van der Waals surface area contributed by atoms with E-state index in [1.807, 2.05) is 36.2 Å². The third-order valence-electron chi connectivity index (χ3n) is 4.92. The van der Waals surface area contributed by atoms with Gasteiger partial charge in [-0.2, -0.15) is 0 Å². The first-order chi connectivity index (χ1) is 14.5. The normalized spacial score (nSPS) is 15.5. The SMILES string of the molecule is CN1CC(=O)Nc2ncc(C=CC(=O)N(C)Cc3ccc4c(c3)OCCO4)cc2C1.Cl. The number of rotatable bonds is 4. The molecule has 1 N–H and O–H groups in total. The fourth-order valence-electron chi connectivity index (χ4n) is 3.45. The monoisotopic (exact) mass is 444 g/mol. The van der Waals surface area contributed by atoms with E-state index < -0.39 is 0 Å². The number of hydrogen-bond acceptors (Lipinski definition) is 6. The molecule has 0 radical (unpaired) electrons. The second-order valence-electron chi connectivity index (χ2n) is 7.50. The Morgan fingerprint density at radius 2 is 2.00 bits per heavy atom. The van der Waals surface area contributed by atoms with E-state index >= 15 is 0 Å². The summed E-state index contributed by atoms with van der Waals surface area (Å²) >= 11 is 0. The molecular formula is C22H25ClN4O4. The maximum Gasteiger partial charge on any atom is 0.246 e. The molecule has 3 heterocycles. The average molecular weight is 445 g/mol. The Balaban J connectivity index is 0.00000272. The minimum Gasteiger partial charge on any atom is -0.486 e. The van der Waals surface area contributed by atoms with Gasteiger partial charge in [0.2, 0.25) is 11.8 Å². The van der Waals surface area contributed by atoms with Gasteiger partial charge in [-0.05, 0) is 42.4 Å². The summed E-state index contributed by atoms with van der Waals surface area (Å²) in [7, 11) is 3.64. The van der Waals surface area contributed by atoms with Crippen LogP contribution < -0.4 is 14.8 Å². The van der Waals surface area contributed by atoms with Gasteiger partial charge >= 0.3 is 0 Å². The number of likely N-dealkylation sites (N-methyl/N-ethyl adjacent to an activating group) is 2. The van der Waals surface area contributed by atoms with Crippen molar-refractivity contribution in [2.24, 2.45) is 0 Å². The van der Waals surface area contributed by atoms with E-state index in [2.05, 4.69) is 10.3 Å². The van der Waals surface area contributed by atoms with E-state index in [0.717, 1.165) is 22.4 Å². The maximum absolute atomic E-state index is 12.5. The van der Waals surface area contributed by atoms with Crippen molar-refractivity contribution in [1.29, 1.82) is 0 Å². The van der Waals surface area contributed by atoms with Gasteiger partial charge in [0.25, 0.3) is 0 Å². The van der Waals surface area contributed by atoms with Gasteiger partial charge in [-0.25, -0.2) is 4.98 Å². The van der Waals surface area contributed by atoms with Crippen molar-refractivity contribution in [2.45, 2.75) is 13.1 Å². The molecule has 9 heteroatoms. The molecular weight excluding hydrogens is 420 g/mol. The quantitative estimate of drug-likeness (QED) is 0.729. The highest BCUT2D eigenvalue weighted by Crippen LogP contribution is 2.31. The number of fused-ring (bicyclic) bond motifs is 2. The van der Waals surface area contributed by atoms with Crippen LogP contribution in [0.3, 0.4) is 0 Å². The number of amides is 2. The fraction of sp³-hybridized carbons (Fsp3) is 0.318. The molecule has 0 atom stereocenters. The van der Waals surface area contributed by atoms with Crippen molar-refractivity contribution in [1.82, 2.24) is 14.8 Å². The summed E-state index contributed by atoms with van der Waals surface area (Å²) in [6.07, 6.45) is 4.91. The molecule has 2 aromatic rings. The van der Waals surface area contributed by atoms with Crippen molar-refractivity contribution in [3.63, 3.8) is 0 Å². The number of benzene rings is 1. The Hall–Kier alpha value is -3.10. The van der Waals surface area contributed by atoms with Crippen LogP contribution in [0, 0.1) is 0 Å². The molecule has 0 aliphatic carbocycles. The maximum atomic E-state index is 12.5. The van der Waals surface area contributed by atoms with E-state index in [1.165, 1.54) is 6.08 Å². The van der Waals surface area contributed by atoms with E-state index in [9.17, 15) is 9.59 Å². The standard InChI is InChI=1S/C22H24N4O4.ClH/c1-25-13-17-9-15(11-23-22(17)24-20(27)14-25)4-6-21(28)26(2)12-16-3-5-18-19(10-16)30-8-7-29-18;/h3-6,9-11H,7-8,12-14H2,1-2H3,(H,23,24,27);1H. The topological polar surface area (TPSA) is 84.0 Å². The number of hydrogen-bond donors (Lipinski definition) is 1. The average Bonchev–Trinajstić information content (AvgIpc) is 2.87. The van der Waals surface area contributed by atoms with E-state index in [-0.39, 0.29) is 24.2 Å². The fourth-order valence-corrected chi connectivity index (χ4v) is 3.45. The summed E-state index contributed by atoms with van der Waals surface area (Å²) in [6, 6.07) is 7.65. The molecule has 0 unspecified atom stereocenters. The van der Waals surface area contributed by atoms with Crippen LogP contribution in [0.25, 0.3) is 6.08 Å². The lowest BCUT2D eigenvalue weighted by atomic mass is 10.1. The van der Waals surface area contributed by atoms with Crippen LogP contribution in [0.2, 0.25) is 0 Å². The summed E-state index contributed by atoms with van der Waals surface area (Å²) < 4.78 is 11.1. The molecule has 0 fully saturated rings. The van der Waals surface area contributed by atoms with Gasteiger partial charge in [-0.3, -0.25) is 14.5 Å². The molecule has 31 heavy (non-hydrogen) atoms. The van der Waals surface area contributed by atoms with Gasteiger partial charge in [0, 0.05) is 38.0 Å². The summed E-state index contributed by atoms with van der Waals surface area (Å²) in [4.78, 5) is 32.2. The van der Waals surface area contributed by atoms with Crippen LogP contribution in [0.5, 0.6) is 11.5 Å². The first-order valence-corrected chi connectivity index (χ1v) is 9.77. The molecule has 2 amide bonds. The number of halogens is 1. The lowest BCUT2D eigenvalue weighted by molar-refractivity contribution is -0.125. The minimum atomic E-state index is -0.120. The molecule has 1 aromatic carbocycles. The Bertz CT molecular complexity index is 1010. The molecule has 8 nitrogen and oxygen atoms in total. The van der Waals surface area contributed by atoms with E-state index in [0.29, 0.717) is 44.4 Å². The van der Waals surface area contributed by atoms with E-state index in [4.69, 9.17) is 9.47 Å². The lowest BCUT2D eigenvalue weighted by Gasteiger charge is -2.20. The highest BCUT2D eigenvalue weighted by molar-refractivity contribution is 5.93. The molecule has 2 aliphatic rings. The third-order valence-corrected chi connectivity index (χ3v) is 4.92. The van der Waals surface area contributed by atoms with Crippen LogP contribution in [0.1, 0.15) is 16.7 Å². The molecule has 4 rings (SSSR count). The molecule has 0 saturated carbocycles. The van der Waals surface area contributed by atoms with Crippen LogP contribution in [-0.2, 0) is 22.7 Å². The number of ether oxygens (including phenoxy) is 2. The number of carbonyl (C=O) groups is 2. The minimum absolute atomic E-state index is 0. The van der Waals surface area contributed by atoms with Crippen molar-refractivity contribution >= 4 is 36.1 Å². The highest BCUT2D eigenvalue weighted by Gasteiger charge is 2.18. The summed E-state index contributed by atoms with van der Waals surface area (Å²) in [5.41, 5.74) is 2.69. The second kappa shape index (κ2) is 9.80. The zero-order chi connectivity index (χ0) is 21.1. The van der Waals surface area contributed by atoms with Crippen LogP contribution >= 0.6 is 12.4 Å². The number of nitrogens with one attached hydrogen (secondary N) is 1. The van der Waals surface area contributed by atoms with Crippen molar-refractivity contribution in [3.05, 3.63) is 53.2 Å².